The van der Waals surface area contributed by atoms with Crippen LogP contribution in [0.15, 0.2) is 53.2 Å². The number of hydrogen-bond donors (Lipinski definition) is 0. The van der Waals surface area contributed by atoms with Gasteiger partial charge in [-0.15, -0.1) is 0 Å². The summed E-state index contributed by atoms with van der Waals surface area (Å²) in [6, 6.07) is 12.3. The lowest BCUT2D eigenvalue weighted by Gasteiger charge is -2.27. The summed E-state index contributed by atoms with van der Waals surface area (Å²) in [7, 11) is 1.61. The summed E-state index contributed by atoms with van der Waals surface area (Å²) in [5, 5.41) is 0. The standard InChI is InChI=1S/C30H33N5O5/c1-20-28(40-21(2)32-20)30(36)34-10-13-39-27-17-24(4-5-26(27)37-3)29-31-6-7-35(29)25-15-22(14-23(16-25)19-34)18-33-8-11-38-12-9-33/h4-7,14-17H,8-13,18-19H2,1-3H3. The lowest BCUT2D eigenvalue weighted by atomic mass is 10.1. The third-order valence-corrected chi connectivity index (χ3v) is 7.27. The Morgan fingerprint density at radius 2 is 1.90 bits per heavy atom. The van der Waals surface area contributed by atoms with E-state index < -0.39 is 0 Å². The first-order valence-corrected chi connectivity index (χ1v) is 13.5. The normalized spacial score (nSPS) is 15.8. The Kier molecular flexibility index (Phi) is 7.27. The van der Waals surface area contributed by atoms with Crippen molar-refractivity contribution < 1.29 is 23.4 Å². The third kappa shape index (κ3) is 5.32. The molecule has 0 unspecified atom stereocenters. The molecule has 0 spiro atoms. The molecule has 10 nitrogen and oxygen atoms in total. The molecule has 4 heterocycles. The zero-order chi connectivity index (χ0) is 27.6. The number of aryl methyl sites for hydroxylation is 2. The molecule has 0 aliphatic carbocycles. The highest BCUT2D eigenvalue weighted by atomic mass is 16.5. The number of carbonyl (C=O) groups is 1. The maximum absolute atomic E-state index is 13.7. The molecular weight excluding hydrogens is 510 g/mol. The second-order valence-corrected chi connectivity index (χ2v) is 10.1. The first-order valence-electron chi connectivity index (χ1n) is 13.5. The van der Waals surface area contributed by atoms with E-state index in [1.807, 2.05) is 24.4 Å². The lowest BCUT2D eigenvalue weighted by molar-refractivity contribution is 0.0341. The van der Waals surface area contributed by atoms with Crippen molar-refractivity contribution >= 4 is 5.91 Å². The highest BCUT2D eigenvalue weighted by Crippen LogP contribution is 2.34. The summed E-state index contributed by atoms with van der Waals surface area (Å²) in [6.45, 7) is 8.56. The Morgan fingerprint density at radius 3 is 2.67 bits per heavy atom. The fourth-order valence-corrected chi connectivity index (χ4v) is 5.35. The molecule has 0 radical (unpaired) electrons. The molecule has 0 atom stereocenters. The number of ether oxygens (including phenoxy) is 3. The van der Waals surface area contributed by atoms with E-state index in [1.165, 1.54) is 0 Å². The van der Waals surface area contributed by atoms with E-state index in [0.717, 1.165) is 61.1 Å². The number of fused-ring (bicyclic) bond motifs is 7. The first kappa shape index (κ1) is 26.1. The number of amides is 1. The van der Waals surface area contributed by atoms with E-state index in [2.05, 4.69) is 37.6 Å². The number of carbonyl (C=O) groups excluding carboxylic acids is 1. The van der Waals surface area contributed by atoms with Gasteiger partial charge in [-0.3, -0.25) is 14.3 Å². The number of aromatic nitrogens is 3. The van der Waals surface area contributed by atoms with Gasteiger partial charge in [0.2, 0.25) is 5.76 Å². The van der Waals surface area contributed by atoms with Crippen LogP contribution in [0.25, 0.3) is 17.1 Å². The monoisotopic (exact) mass is 543 g/mol. The topological polar surface area (TPSA) is 95.1 Å². The fraction of sp³-hybridized carbons (Fsp3) is 0.367. The van der Waals surface area contributed by atoms with Crippen LogP contribution in [0.1, 0.15) is 33.3 Å². The largest absolute Gasteiger partial charge is 0.493 e. The Bertz CT molecular complexity index is 1520. The lowest BCUT2D eigenvalue weighted by Crippen LogP contribution is -2.36. The molecule has 10 heteroatoms. The van der Waals surface area contributed by atoms with Crippen molar-refractivity contribution in [1.29, 1.82) is 0 Å². The second-order valence-electron chi connectivity index (χ2n) is 10.1. The molecule has 4 bridgehead atoms. The summed E-state index contributed by atoms with van der Waals surface area (Å²) in [4.78, 5) is 26.9. The molecule has 2 aliphatic rings. The molecule has 2 aromatic carbocycles. The third-order valence-electron chi connectivity index (χ3n) is 7.27. The van der Waals surface area contributed by atoms with Gasteiger partial charge >= 0.3 is 0 Å². The molecule has 0 saturated carbocycles. The van der Waals surface area contributed by atoms with Crippen LogP contribution >= 0.6 is 0 Å². The number of methoxy groups -OCH3 is 1. The number of nitrogens with zero attached hydrogens (tertiary/aromatic N) is 5. The van der Waals surface area contributed by atoms with Gasteiger partial charge in [-0.1, -0.05) is 6.07 Å². The van der Waals surface area contributed by atoms with Crippen molar-refractivity contribution in [2.45, 2.75) is 26.9 Å². The number of benzene rings is 2. The Balaban J connectivity index is 1.45. The minimum Gasteiger partial charge on any atom is -0.493 e. The Hall–Kier alpha value is -4.15. The average Bonchev–Trinajstić information content (AvgIpc) is 3.58. The average molecular weight is 544 g/mol. The fourth-order valence-electron chi connectivity index (χ4n) is 5.35. The van der Waals surface area contributed by atoms with Crippen molar-refractivity contribution in [3.8, 4) is 28.6 Å². The predicted octanol–water partition coefficient (Wildman–Crippen LogP) is 4.02. The second kappa shape index (κ2) is 11.1. The molecular formula is C30H33N5O5. The highest BCUT2D eigenvalue weighted by molar-refractivity contribution is 5.92. The van der Waals surface area contributed by atoms with Gasteiger partial charge in [0.15, 0.2) is 17.4 Å². The number of imidazole rings is 1. The maximum Gasteiger partial charge on any atom is 0.291 e. The van der Waals surface area contributed by atoms with Crippen LogP contribution in [0.5, 0.6) is 11.5 Å². The van der Waals surface area contributed by atoms with Gasteiger partial charge in [0.1, 0.15) is 12.4 Å². The summed E-state index contributed by atoms with van der Waals surface area (Å²) < 4.78 is 25.1. The van der Waals surface area contributed by atoms with Gasteiger partial charge in [-0.25, -0.2) is 9.97 Å². The van der Waals surface area contributed by atoms with Crippen molar-refractivity contribution in [2.24, 2.45) is 0 Å². The van der Waals surface area contributed by atoms with E-state index in [-0.39, 0.29) is 18.3 Å². The molecule has 2 aromatic heterocycles. The smallest absolute Gasteiger partial charge is 0.291 e. The molecule has 2 aliphatic heterocycles. The molecule has 0 N–H and O–H groups in total. The number of rotatable bonds is 4. The van der Waals surface area contributed by atoms with Gasteiger partial charge < -0.3 is 23.5 Å². The van der Waals surface area contributed by atoms with Gasteiger partial charge in [0.25, 0.3) is 5.91 Å². The van der Waals surface area contributed by atoms with Crippen LogP contribution in [0.3, 0.4) is 0 Å². The highest BCUT2D eigenvalue weighted by Gasteiger charge is 2.25. The van der Waals surface area contributed by atoms with Crippen molar-refractivity contribution in [1.82, 2.24) is 24.3 Å². The van der Waals surface area contributed by atoms with E-state index in [0.29, 0.717) is 36.2 Å². The van der Waals surface area contributed by atoms with Gasteiger partial charge in [-0.05, 0) is 48.4 Å². The Morgan fingerprint density at radius 1 is 1.05 bits per heavy atom. The SMILES string of the molecule is COc1ccc2cc1OCCN(C(=O)c1oc(C)nc1C)Cc1cc(CN3CCOCC3)cc(c1)-n1ccnc1-2. The van der Waals surface area contributed by atoms with Crippen LogP contribution in [0, 0.1) is 13.8 Å². The van der Waals surface area contributed by atoms with E-state index >= 15 is 0 Å². The molecule has 208 valence electrons. The van der Waals surface area contributed by atoms with Gasteiger partial charge in [-0.2, -0.15) is 0 Å². The summed E-state index contributed by atoms with van der Waals surface area (Å²) in [5.41, 5.74) is 4.62. The zero-order valence-corrected chi connectivity index (χ0v) is 23.1. The molecule has 40 heavy (non-hydrogen) atoms. The van der Waals surface area contributed by atoms with Crippen LogP contribution in [-0.2, 0) is 17.8 Å². The van der Waals surface area contributed by atoms with Gasteiger partial charge in [0, 0.05) is 56.7 Å². The molecule has 4 aromatic rings. The summed E-state index contributed by atoms with van der Waals surface area (Å²) in [6.07, 6.45) is 3.76. The van der Waals surface area contributed by atoms with E-state index in [1.54, 1.807) is 32.1 Å². The van der Waals surface area contributed by atoms with Crippen molar-refractivity contribution in [3.63, 3.8) is 0 Å². The van der Waals surface area contributed by atoms with Crippen molar-refractivity contribution in [2.75, 3.05) is 46.6 Å². The number of morpholine rings is 1. The molecule has 1 amide bonds. The zero-order valence-electron chi connectivity index (χ0n) is 23.1. The van der Waals surface area contributed by atoms with Crippen LogP contribution < -0.4 is 9.47 Å². The maximum atomic E-state index is 13.7. The Labute approximate surface area is 233 Å². The minimum absolute atomic E-state index is 0.222. The molecule has 1 fully saturated rings. The van der Waals surface area contributed by atoms with Crippen molar-refractivity contribution in [3.05, 3.63) is 77.3 Å². The quantitative estimate of drug-likeness (QED) is 0.381. The van der Waals surface area contributed by atoms with Gasteiger partial charge in [0.05, 0.1) is 32.6 Å². The van der Waals surface area contributed by atoms with Crippen LogP contribution in [0.2, 0.25) is 0 Å². The van der Waals surface area contributed by atoms with Crippen LogP contribution in [-0.4, -0.2) is 76.8 Å². The minimum atomic E-state index is -0.222. The predicted molar refractivity (Wildman–Crippen MR) is 148 cm³/mol. The van der Waals surface area contributed by atoms with E-state index in [4.69, 9.17) is 18.6 Å². The van der Waals surface area contributed by atoms with Crippen LogP contribution in [0.4, 0.5) is 0 Å². The first-order chi connectivity index (χ1) is 19.5. The molecule has 1 saturated heterocycles. The molecule has 6 rings (SSSR count). The summed E-state index contributed by atoms with van der Waals surface area (Å²) in [5.74, 6) is 2.50. The number of hydrogen-bond acceptors (Lipinski definition) is 8. The number of oxazole rings is 1. The van der Waals surface area contributed by atoms with E-state index in [9.17, 15) is 4.79 Å². The summed E-state index contributed by atoms with van der Waals surface area (Å²) >= 11 is 0.